The molecule has 106 valence electrons. The normalized spacial score (nSPS) is 10.7. The largest absolute Gasteiger partial charge is 0.481 e. The zero-order valence-corrected chi connectivity index (χ0v) is 11.5. The maximum atomic E-state index is 12.0. The average molecular weight is 268 g/mol. The summed E-state index contributed by atoms with van der Waals surface area (Å²) in [7, 11) is 1.55. The van der Waals surface area contributed by atoms with E-state index in [0.29, 0.717) is 0 Å². The lowest BCUT2D eigenvalue weighted by atomic mass is 9.99. The number of rotatable bonds is 7. The van der Waals surface area contributed by atoms with Crippen LogP contribution in [-0.4, -0.2) is 40.6 Å². The molecule has 0 saturated carbocycles. The number of carboxylic acids is 1. The van der Waals surface area contributed by atoms with Gasteiger partial charge in [-0.05, 0) is 12.8 Å². The van der Waals surface area contributed by atoms with Crippen molar-refractivity contribution in [2.24, 2.45) is 0 Å². The van der Waals surface area contributed by atoms with Crippen molar-refractivity contribution in [3.8, 4) is 0 Å². The summed E-state index contributed by atoms with van der Waals surface area (Å²) < 4.78 is 5.05. The lowest BCUT2D eigenvalue weighted by Gasteiger charge is -2.13. The first kappa shape index (κ1) is 15.2. The fourth-order valence-corrected chi connectivity index (χ4v) is 1.84. The Balaban J connectivity index is 2.69. The molecule has 19 heavy (non-hydrogen) atoms. The molecule has 1 aromatic rings. The van der Waals surface area contributed by atoms with Gasteiger partial charge in [-0.15, -0.1) is 0 Å². The SMILES string of the molecule is CCC(CC)c1cc(C(=O)N(C)CCC(=O)O)on1. The summed E-state index contributed by atoms with van der Waals surface area (Å²) in [5.41, 5.74) is 0.778. The third-order valence-corrected chi connectivity index (χ3v) is 3.15. The molecule has 0 saturated heterocycles. The second kappa shape index (κ2) is 6.92. The van der Waals surface area contributed by atoms with Crippen LogP contribution in [0.5, 0.6) is 0 Å². The first-order valence-corrected chi connectivity index (χ1v) is 6.43. The van der Waals surface area contributed by atoms with Gasteiger partial charge < -0.3 is 14.5 Å². The molecule has 6 nitrogen and oxygen atoms in total. The van der Waals surface area contributed by atoms with Gasteiger partial charge in [-0.25, -0.2) is 0 Å². The predicted molar refractivity (Wildman–Crippen MR) is 69.0 cm³/mol. The Labute approximate surface area is 112 Å². The van der Waals surface area contributed by atoms with E-state index in [1.807, 2.05) is 0 Å². The van der Waals surface area contributed by atoms with Crippen LogP contribution in [0.15, 0.2) is 10.6 Å². The number of carboxylic acid groups (broad SMARTS) is 1. The highest BCUT2D eigenvalue weighted by Gasteiger charge is 2.20. The molecule has 0 aromatic carbocycles. The Morgan fingerprint density at radius 3 is 2.58 bits per heavy atom. The summed E-state index contributed by atoms with van der Waals surface area (Å²) in [6.45, 7) is 4.27. The van der Waals surface area contributed by atoms with Crippen LogP contribution in [0.3, 0.4) is 0 Å². The van der Waals surface area contributed by atoms with E-state index < -0.39 is 5.97 Å². The Morgan fingerprint density at radius 1 is 1.42 bits per heavy atom. The molecule has 0 aliphatic carbocycles. The van der Waals surface area contributed by atoms with Crippen LogP contribution >= 0.6 is 0 Å². The Kier molecular flexibility index (Phi) is 5.54. The van der Waals surface area contributed by atoms with Crippen molar-refractivity contribution in [3.63, 3.8) is 0 Å². The molecule has 0 spiro atoms. The van der Waals surface area contributed by atoms with Crippen LogP contribution in [0.25, 0.3) is 0 Å². The molecule has 0 atom stereocenters. The number of aliphatic carboxylic acids is 1. The van der Waals surface area contributed by atoms with E-state index in [-0.39, 0.29) is 30.6 Å². The average Bonchev–Trinajstić information content (AvgIpc) is 2.86. The highest BCUT2D eigenvalue weighted by atomic mass is 16.5. The Morgan fingerprint density at radius 2 is 2.05 bits per heavy atom. The van der Waals surface area contributed by atoms with E-state index >= 15 is 0 Å². The van der Waals surface area contributed by atoms with Crippen molar-refractivity contribution in [3.05, 3.63) is 17.5 Å². The molecule has 0 aliphatic rings. The molecule has 1 amide bonds. The minimum Gasteiger partial charge on any atom is -0.481 e. The number of carbonyl (C=O) groups is 2. The first-order chi connectivity index (χ1) is 8.99. The third-order valence-electron chi connectivity index (χ3n) is 3.15. The van der Waals surface area contributed by atoms with E-state index in [1.54, 1.807) is 13.1 Å². The highest BCUT2D eigenvalue weighted by molar-refractivity contribution is 5.91. The van der Waals surface area contributed by atoms with Crippen molar-refractivity contribution in [1.29, 1.82) is 0 Å². The summed E-state index contributed by atoms with van der Waals surface area (Å²) in [6.07, 6.45) is 1.78. The number of hydrogen-bond donors (Lipinski definition) is 1. The molecule has 0 unspecified atom stereocenters. The number of carbonyl (C=O) groups excluding carboxylic acids is 1. The summed E-state index contributed by atoms with van der Waals surface area (Å²) in [4.78, 5) is 23.8. The lowest BCUT2D eigenvalue weighted by molar-refractivity contribution is -0.137. The maximum Gasteiger partial charge on any atom is 0.305 e. The first-order valence-electron chi connectivity index (χ1n) is 6.43. The Bertz CT molecular complexity index is 438. The van der Waals surface area contributed by atoms with E-state index in [1.165, 1.54) is 4.90 Å². The lowest BCUT2D eigenvalue weighted by Crippen LogP contribution is -2.28. The minimum absolute atomic E-state index is 0.0875. The standard InChI is InChI=1S/C13H20N2O4/c1-4-9(5-2)10-8-11(19-14-10)13(18)15(3)7-6-12(16)17/h8-9H,4-7H2,1-3H3,(H,16,17). The molecule has 0 fully saturated rings. The second-order valence-electron chi connectivity index (χ2n) is 4.50. The molecule has 1 N–H and O–H groups in total. The van der Waals surface area contributed by atoms with Crippen molar-refractivity contribution in [2.75, 3.05) is 13.6 Å². The van der Waals surface area contributed by atoms with Crippen LogP contribution in [0.4, 0.5) is 0 Å². The number of nitrogens with zero attached hydrogens (tertiary/aromatic N) is 2. The smallest absolute Gasteiger partial charge is 0.305 e. The summed E-state index contributed by atoms with van der Waals surface area (Å²) in [6, 6.07) is 1.65. The van der Waals surface area contributed by atoms with Gasteiger partial charge in [0.2, 0.25) is 5.76 Å². The fourth-order valence-electron chi connectivity index (χ4n) is 1.84. The monoisotopic (exact) mass is 268 g/mol. The van der Waals surface area contributed by atoms with Crippen LogP contribution in [0.1, 0.15) is 55.3 Å². The van der Waals surface area contributed by atoms with Crippen LogP contribution in [-0.2, 0) is 4.79 Å². The van der Waals surface area contributed by atoms with Gasteiger partial charge in [0.05, 0.1) is 12.1 Å². The minimum atomic E-state index is -0.935. The molecule has 0 bridgehead atoms. The zero-order chi connectivity index (χ0) is 14.4. The predicted octanol–water partition coefficient (Wildman–Crippen LogP) is 2.12. The maximum absolute atomic E-state index is 12.0. The Hall–Kier alpha value is -1.85. The topological polar surface area (TPSA) is 83.6 Å². The van der Waals surface area contributed by atoms with Crippen LogP contribution < -0.4 is 0 Å². The van der Waals surface area contributed by atoms with Crippen molar-refractivity contribution in [2.45, 2.75) is 39.0 Å². The van der Waals surface area contributed by atoms with Gasteiger partial charge in [0.1, 0.15) is 0 Å². The van der Waals surface area contributed by atoms with Gasteiger partial charge >= 0.3 is 5.97 Å². The van der Waals surface area contributed by atoms with Crippen LogP contribution in [0.2, 0.25) is 0 Å². The summed E-state index contributed by atoms with van der Waals surface area (Å²) in [5, 5.41) is 12.5. The van der Waals surface area contributed by atoms with Gasteiger partial charge in [0, 0.05) is 25.6 Å². The van der Waals surface area contributed by atoms with Crippen LogP contribution in [0, 0.1) is 0 Å². The molecular formula is C13H20N2O4. The molecule has 6 heteroatoms. The van der Waals surface area contributed by atoms with Gasteiger partial charge in [0.15, 0.2) is 0 Å². The summed E-state index contributed by atoms with van der Waals surface area (Å²) >= 11 is 0. The van der Waals surface area contributed by atoms with Gasteiger partial charge in [-0.2, -0.15) is 0 Å². The molecular weight excluding hydrogens is 248 g/mol. The van der Waals surface area contributed by atoms with Crippen molar-refractivity contribution < 1.29 is 19.2 Å². The fraction of sp³-hybridized carbons (Fsp3) is 0.615. The van der Waals surface area contributed by atoms with E-state index in [9.17, 15) is 9.59 Å². The van der Waals surface area contributed by atoms with E-state index in [4.69, 9.17) is 9.63 Å². The zero-order valence-electron chi connectivity index (χ0n) is 11.5. The number of aromatic nitrogens is 1. The molecule has 1 heterocycles. The quantitative estimate of drug-likeness (QED) is 0.819. The summed E-state index contributed by atoms with van der Waals surface area (Å²) in [5.74, 6) is -0.828. The van der Waals surface area contributed by atoms with Crippen molar-refractivity contribution in [1.82, 2.24) is 10.1 Å². The van der Waals surface area contributed by atoms with E-state index in [2.05, 4.69) is 19.0 Å². The molecule has 0 radical (unpaired) electrons. The highest BCUT2D eigenvalue weighted by Crippen LogP contribution is 2.22. The molecule has 0 aliphatic heterocycles. The third kappa shape index (κ3) is 4.08. The van der Waals surface area contributed by atoms with Gasteiger partial charge in [-0.1, -0.05) is 19.0 Å². The number of amides is 1. The van der Waals surface area contributed by atoms with E-state index in [0.717, 1.165) is 18.5 Å². The van der Waals surface area contributed by atoms with Gasteiger partial charge in [-0.3, -0.25) is 9.59 Å². The molecule has 1 aromatic heterocycles. The van der Waals surface area contributed by atoms with Crippen molar-refractivity contribution >= 4 is 11.9 Å². The second-order valence-corrected chi connectivity index (χ2v) is 4.50. The van der Waals surface area contributed by atoms with Gasteiger partial charge in [0.25, 0.3) is 5.91 Å². The number of hydrogen-bond acceptors (Lipinski definition) is 4. The molecule has 1 rings (SSSR count).